The first-order valence-corrected chi connectivity index (χ1v) is 11.4. The highest BCUT2D eigenvalue weighted by Crippen LogP contribution is 2.45. The summed E-state index contributed by atoms with van der Waals surface area (Å²) >= 11 is 1.88. The molecule has 2 heterocycles. The minimum Gasteiger partial charge on any atom is -0.393 e. The lowest BCUT2D eigenvalue weighted by Gasteiger charge is -2.33. The Morgan fingerprint density at radius 1 is 1.11 bits per heavy atom. The van der Waals surface area contributed by atoms with Crippen molar-refractivity contribution in [3.05, 3.63) is 22.5 Å². The molecule has 5 heteroatoms. The molecule has 2 N–H and O–H groups in total. The zero-order valence-corrected chi connectivity index (χ0v) is 17.7. The van der Waals surface area contributed by atoms with E-state index < -0.39 is 0 Å². The van der Waals surface area contributed by atoms with Crippen molar-refractivity contribution < 1.29 is 5.11 Å². The highest BCUT2D eigenvalue weighted by Gasteiger charge is 2.29. The first-order valence-electron chi connectivity index (χ1n) is 10.6. The van der Waals surface area contributed by atoms with Gasteiger partial charge in [-0.15, -0.1) is 11.3 Å². The van der Waals surface area contributed by atoms with Crippen molar-refractivity contribution in [3.63, 3.8) is 0 Å². The predicted molar refractivity (Wildman–Crippen MR) is 112 cm³/mol. The summed E-state index contributed by atoms with van der Waals surface area (Å²) in [5.74, 6) is 1.56. The molecule has 4 rings (SSSR count). The van der Waals surface area contributed by atoms with Crippen molar-refractivity contribution in [2.24, 2.45) is 5.41 Å². The Hall–Kier alpha value is -1.04. The molecule has 4 nitrogen and oxygen atoms in total. The molecule has 2 aromatic heterocycles. The van der Waals surface area contributed by atoms with E-state index in [1.807, 2.05) is 18.3 Å². The second kappa shape index (κ2) is 7.76. The van der Waals surface area contributed by atoms with Gasteiger partial charge in [0.15, 0.2) is 0 Å². The number of thiophene rings is 1. The minimum atomic E-state index is -0.101. The maximum absolute atomic E-state index is 9.70. The van der Waals surface area contributed by atoms with Gasteiger partial charge in [0.25, 0.3) is 0 Å². The number of hydrogen-bond donors (Lipinski definition) is 2. The second-order valence-electron chi connectivity index (χ2n) is 9.41. The maximum atomic E-state index is 9.70. The number of nitrogens with one attached hydrogen (secondary N) is 1. The molecule has 2 aromatic rings. The van der Waals surface area contributed by atoms with Crippen molar-refractivity contribution >= 4 is 21.6 Å². The van der Waals surface area contributed by atoms with Crippen LogP contribution in [0.4, 0.5) is 0 Å². The lowest BCUT2D eigenvalue weighted by molar-refractivity contribution is 0.116. The van der Waals surface area contributed by atoms with Crippen LogP contribution in [0.25, 0.3) is 10.2 Å². The first-order chi connectivity index (χ1) is 12.9. The van der Waals surface area contributed by atoms with E-state index in [1.165, 1.54) is 35.9 Å². The predicted octanol–water partition coefficient (Wildman–Crippen LogP) is 5.08. The summed E-state index contributed by atoms with van der Waals surface area (Å²) in [6.45, 7) is 7.60. The van der Waals surface area contributed by atoms with E-state index in [4.69, 9.17) is 9.97 Å². The van der Waals surface area contributed by atoms with Crippen LogP contribution in [-0.2, 0) is 6.54 Å². The van der Waals surface area contributed by atoms with Crippen LogP contribution in [0.5, 0.6) is 0 Å². The van der Waals surface area contributed by atoms with Crippen LogP contribution in [0.3, 0.4) is 0 Å². The van der Waals surface area contributed by atoms with Crippen LogP contribution >= 0.6 is 11.3 Å². The number of aliphatic hydroxyl groups excluding tert-OH is 1. The third-order valence-corrected chi connectivity index (χ3v) is 7.79. The highest BCUT2D eigenvalue weighted by molar-refractivity contribution is 7.18. The average Bonchev–Trinajstić information content (AvgIpc) is 3.04. The fraction of sp³-hybridized carbons (Fsp3) is 0.727. The first kappa shape index (κ1) is 19.3. The zero-order chi connectivity index (χ0) is 19.0. The number of nitrogens with zero attached hydrogens (tertiary/aromatic N) is 2. The molecule has 0 spiro atoms. The molecular weight excluding hydrogens is 354 g/mol. The molecule has 27 heavy (non-hydrogen) atoms. The number of aliphatic hydroxyl groups is 1. The zero-order valence-electron chi connectivity index (χ0n) is 16.9. The summed E-state index contributed by atoms with van der Waals surface area (Å²) in [5, 5.41) is 14.6. The molecule has 148 valence electrons. The van der Waals surface area contributed by atoms with Crippen molar-refractivity contribution in [2.45, 2.75) is 96.7 Å². The molecule has 0 unspecified atom stereocenters. The standard InChI is InChI=1S/C22H33N3OS/c1-14-24-19(13-23-16-4-6-17(26)7-5-16)18-12-20(27-21(18)25-14)15-8-10-22(2,3)11-9-15/h12,15-17,23,26H,4-11,13H2,1-3H3/t16-,17-. The van der Waals surface area contributed by atoms with Crippen molar-refractivity contribution in [2.75, 3.05) is 0 Å². The van der Waals surface area contributed by atoms with Crippen LogP contribution in [0, 0.1) is 12.3 Å². The molecule has 0 aromatic carbocycles. The van der Waals surface area contributed by atoms with Gasteiger partial charge in [-0.1, -0.05) is 13.8 Å². The molecule has 2 aliphatic rings. The Morgan fingerprint density at radius 2 is 1.81 bits per heavy atom. The normalized spacial score (nSPS) is 26.5. The van der Waals surface area contributed by atoms with Gasteiger partial charge in [0.2, 0.25) is 0 Å². The van der Waals surface area contributed by atoms with Crippen molar-refractivity contribution in [1.82, 2.24) is 15.3 Å². The van der Waals surface area contributed by atoms with E-state index in [-0.39, 0.29) is 6.10 Å². The van der Waals surface area contributed by atoms with E-state index in [1.54, 1.807) is 0 Å². The van der Waals surface area contributed by atoms with Gasteiger partial charge in [-0.25, -0.2) is 9.97 Å². The van der Waals surface area contributed by atoms with Gasteiger partial charge >= 0.3 is 0 Å². The van der Waals surface area contributed by atoms with Gasteiger partial charge in [0, 0.05) is 22.8 Å². The summed E-state index contributed by atoms with van der Waals surface area (Å²) in [5.41, 5.74) is 1.65. The summed E-state index contributed by atoms with van der Waals surface area (Å²) in [7, 11) is 0. The minimum absolute atomic E-state index is 0.101. The van der Waals surface area contributed by atoms with Gasteiger partial charge in [0.1, 0.15) is 10.7 Å². The quantitative estimate of drug-likeness (QED) is 0.768. The van der Waals surface area contributed by atoms with E-state index in [0.29, 0.717) is 17.4 Å². The smallest absolute Gasteiger partial charge is 0.127 e. The Morgan fingerprint density at radius 3 is 2.52 bits per heavy atom. The Balaban J connectivity index is 1.50. The van der Waals surface area contributed by atoms with E-state index in [2.05, 4.69) is 25.2 Å². The average molecular weight is 388 g/mol. The van der Waals surface area contributed by atoms with E-state index >= 15 is 0 Å². The van der Waals surface area contributed by atoms with Crippen LogP contribution < -0.4 is 5.32 Å². The van der Waals surface area contributed by atoms with Gasteiger partial charge in [-0.05, 0) is 75.7 Å². The lowest BCUT2D eigenvalue weighted by atomic mass is 9.73. The number of fused-ring (bicyclic) bond motifs is 1. The molecule has 0 radical (unpaired) electrons. The molecule has 0 saturated heterocycles. The van der Waals surface area contributed by atoms with Crippen molar-refractivity contribution in [3.8, 4) is 0 Å². The van der Waals surface area contributed by atoms with Crippen LogP contribution in [-0.4, -0.2) is 27.2 Å². The molecular formula is C22H33N3OS. The maximum Gasteiger partial charge on any atom is 0.127 e. The Labute approximate surface area is 166 Å². The molecule has 2 aliphatic carbocycles. The van der Waals surface area contributed by atoms with Gasteiger partial charge < -0.3 is 10.4 Å². The third-order valence-electron chi connectivity index (χ3n) is 6.60. The Bertz CT molecular complexity index is 782. The molecule has 2 fully saturated rings. The largest absolute Gasteiger partial charge is 0.393 e. The topological polar surface area (TPSA) is 58.0 Å². The van der Waals surface area contributed by atoms with Crippen molar-refractivity contribution in [1.29, 1.82) is 0 Å². The number of aryl methyl sites for hydroxylation is 1. The summed E-state index contributed by atoms with van der Waals surface area (Å²) in [6, 6.07) is 2.88. The number of hydrogen-bond acceptors (Lipinski definition) is 5. The van der Waals surface area contributed by atoms with Crippen LogP contribution in [0.2, 0.25) is 0 Å². The number of aromatic nitrogens is 2. The van der Waals surface area contributed by atoms with Gasteiger partial charge in [0.05, 0.1) is 11.8 Å². The molecule has 0 amide bonds. The molecule has 0 atom stereocenters. The van der Waals surface area contributed by atoms with Gasteiger partial charge in [-0.2, -0.15) is 0 Å². The fourth-order valence-electron chi connectivity index (χ4n) is 4.66. The summed E-state index contributed by atoms with van der Waals surface area (Å²) < 4.78 is 0. The Kier molecular flexibility index (Phi) is 5.55. The fourth-order valence-corrected chi connectivity index (χ4v) is 5.92. The summed E-state index contributed by atoms with van der Waals surface area (Å²) in [4.78, 5) is 12.2. The van der Waals surface area contributed by atoms with Gasteiger partial charge in [-0.3, -0.25) is 0 Å². The third kappa shape index (κ3) is 4.52. The van der Waals surface area contributed by atoms with Crippen LogP contribution in [0.1, 0.15) is 87.5 Å². The van der Waals surface area contributed by atoms with Crippen LogP contribution in [0.15, 0.2) is 6.07 Å². The molecule has 2 saturated carbocycles. The number of rotatable bonds is 4. The second-order valence-corrected chi connectivity index (χ2v) is 10.5. The molecule has 0 bridgehead atoms. The summed E-state index contributed by atoms with van der Waals surface area (Å²) in [6.07, 6.45) is 9.07. The van der Waals surface area contributed by atoms with E-state index in [0.717, 1.165) is 48.6 Å². The SMILES string of the molecule is Cc1nc(CN[C@H]2CC[C@H](O)CC2)c2cc(C3CCC(C)(C)CC3)sc2n1. The molecule has 0 aliphatic heterocycles. The van der Waals surface area contributed by atoms with E-state index in [9.17, 15) is 5.11 Å². The monoisotopic (exact) mass is 387 g/mol. The lowest BCUT2D eigenvalue weighted by Crippen LogP contribution is -2.34. The highest BCUT2D eigenvalue weighted by atomic mass is 32.1.